The third-order valence-electron chi connectivity index (χ3n) is 3.87. The Labute approximate surface area is 154 Å². The lowest BCUT2D eigenvalue weighted by atomic mass is 10.1. The Morgan fingerprint density at radius 2 is 1.73 bits per heavy atom. The largest absolute Gasteiger partial charge is 0.351 e. The van der Waals surface area contributed by atoms with Gasteiger partial charge in [0.05, 0.1) is 0 Å². The van der Waals surface area contributed by atoms with Gasteiger partial charge in [0.15, 0.2) is 0 Å². The molecule has 2 rings (SSSR count). The molecule has 0 spiro atoms. The molecule has 0 fully saturated rings. The van der Waals surface area contributed by atoms with E-state index in [4.69, 9.17) is 0 Å². The van der Waals surface area contributed by atoms with Gasteiger partial charge < -0.3 is 15.5 Å². The molecule has 138 valence electrons. The maximum atomic E-state index is 12.2. The summed E-state index contributed by atoms with van der Waals surface area (Å²) in [6.07, 6.45) is 3.24. The highest BCUT2D eigenvalue weighted by atomic mass is 16.2. The number of carbonyl (C=O) groups is 2. The van der Waals surface area contributed by atoms with E-state index < -0.39 is 0 Å². The fraction of sp³-hybridized carbons (Fsp3) is 0.350. The summed E-state index contributed by atoms with van der Waals surface area (Å²) >= 11 is 0. The van der Waals surface area contributed by atoms with Gasteiger partial charge in [0, 0.05) is 31.4 Å². The van der Waals surface area contributed by atoms with Crippen molar-refractivity contribution >= 4 is 11.8 Å². The lowest BCUT2D eigenvalue weighted by Gasteiger charge is -2.11. The summed E-state index contributed by atoms with van der Waals surface area (Å²) in [5, 5.41) is 5.68. The molecule has 0 aliphatic carbocycles. The lowest BCUT2D eigenvalue weighted by Crippen LogP contribution is -2.31. The number of amides is 2. The van der Waals surface area contributed by atoms with E-state index in [0.29, 0.717) is 18.7 Å². The summed E-state index contributed by atoms with van der Waals surface area (Å²) in [5.41, 5.74) is 1.94. The number of nitrogens with zero attached hydrogens (tertiary/aromatic N) is 2. The fourth-order valence-corrected chi connectivity index (χ4v) is 2.42. The number of nitrogens with one attached hydrogen (secondary N) is 2. The molecule has 2 N–H and O–H groups in total. The van der Waals surface area contributed by atoms with Crippen LogP contribution < -0.4 is 10.6 Å². The zero-order valence-electron chi connectivity index (χ0n) is 15.4. The molecule has 26 heavy (non-hydrogen) atoms. The first-order valence-corrected chi connectivity index (χ1v) is 8.77. The number of hydrogen-bond acceptors (Lipinski definition) is 4. The quantitative estimate of drug-likeness (QED) is 0.673. The van der Waals surface area contributed by atoms with Crippen molar-refractivity contribution in [1.82, 2.24) is 20.5 Å². The van der Waals surface area contributed by atoms with Crippen LogP contribution in [-0.4, -0.2) is 55.4 Å². The molecule has 6 nitrogen and oxygen atoms in total. The van der Waals surface area contributed by atoms with Gasteiger partial charge in [-0.2, -0.15) is 0 Å². The van der Waals surface area contributed by atoms with E-state index in [1.54, 1.807) is 6.07 Å². The van der Waals surface area contributed by atoms with Crippen molar-refractivity contribution < 1.29 is 9.59 Å². The SMILES string of the molecule is CN(C)CCNC(=O)c1ccnc(C(=O)NCCCc2ccccc2)c1. The number of rotatable bonds is 9. The molecule has 0 aliphatic rings. The molecule has 0 saturated heterocycles. The van der Waals surface area contributed by atoms with E-state index in [1.165, 1.54) is 17.8 Å². The monoisotopic (exact) mass is 354 g/mol. The number of pyridine rings is 1. The van der Waals surface area contributed by atoms with Gasteiger partial charge in [-0.15, -0.1) is 0 Å². The molecule has 1 heterocycles. The zero-order chi connectivity index (χ0) is 18.8. The van der Waals surface area contributed by atoms with Gasteiger partial charge in [0.1, 0.15) is 5.69 Å². The van der Waals surface area contributed by atoms with Crippen LogP contribution in [0.2, 0.25) is 0 Å². The number of aromatic nitrogens is 1. The highest BCUT2D eigenvalue weighted by Gasteiger charge is 2.11. The van der Waals surface area contributed by atoms with Crippen molar-refractivity contribution in [2.45, 2.75) is 12.8 Å². The second kappa shape index (κ2) is 10.3. The van der Waals surface area contributed by atoms with Crippen molar-refractivity contribution in [3.8, 4) is 0 Å². The van der Waals surface area contributed by atoms with Gasteiger partial charge in [-0.25, -0.2) is 0 Å². The van der Waals surface area contributed by atoms with Gasteiger partial charge >= 0.3 is 0 Å². The highest BCUT2D eigenvalue weighted by molar-refractivity contribution is 5.98. The van der Waals surface area contributed by atoms with Crippen LogP contribution in [0, 0.1) is 0 Å². The first-order valence-electron chi connectivity index (χ1n) is 8.77. The Balaban J connectivity index is 1.80. The number of benzene rings is 1. The predicted molar refractivity (Wildman–Crippen MR) is 102 cm³/mol. The molecule has 1 aromatic heterocycles. The van der Waals surface area contributed by atoms with E-state index >= 15 is 0 Å². The molecule has 1 aromatic carbocycles. The van der Waals surface area contributed by atoms with E-state index in [9.17, 15) is 9.59 Å². The minimum Gasteiger partial charge on any atom is -0.351 e. The van der Waals surface area contributed by atoms with E-state index in [1.807, 2.05) is 37.2 Å². The summed E-state index contributed by atoms with van der Waals surface area (Å²) in [4.78, 5) is 30.4. The minimum atomic E-state index is -0.263. The van der Waals surface area contributed by atoms with Crippen LogP contribution in [0.3, 0.4) is 0 Å². The van der Waals surface area contributed by atoms with Crippen LogP contribution in [0.15, 0.2) is 48.7 Å². The van der Waals surface area contributed by atoms with Gasteiger partial charge in [-0.1, -0.05) is 30.3 Å². The highest BCUT2D eigenvalue weighted by Crippen LogP contribution is 2.04. The summed E-state index contributed by atoms with van der Waals surface area (Å²) in [7, 11) is 3.89. The van der Waals surface area contributed by atoms with Crippen molar-refractivity contribution in [2.24, 2.45) is 0 Å². The first-order chi connectivity index (χ1) is 12.6. The maximum Gasteiger partial charge on any atom is 0.269 e. The van der Waals surface area contributed by atoms with Crippen LogP contribution in [0.5, 0.6) is 0 Å². The molecule has 0 bridgehead atoms. The molecule has 0 atom stereocenters. The smallest absolute Gasteiger partial charge is 0.269 e. The Hall–Kier alpha value is -2.73. The first kappa shape index (κ1) is 19.6. The Morgan fingerprint density at radius 1 is 1.00 bits per heavy atom. The number of carbonyl (C=O) groups excluding carboxylic acids is 2. The van der Waals surface area contributed by atoms with Crippen molar-refractivity contribution in [1.29, 1.82) is 0 Å². The van der Waals surface area contributed by atoms with Crippen molar-refractivity contribution in [3.63, 3.8) is 0 Å². The molecule has 0 unspecified atom stereocenters. The average molecular weight is 354 g/mol. The standard InChI is InChI=1S/C20H26N4O2/c1-24(2)14-13-23-19(25)17-10-12-21-18(15-17)20(26)22-11-6-9-16-7-4-3-5-8-16/h3-5,7-8,10,12,15H,6,9,11,13-14H2,1-2H3,(H,22,26)(H,23,25). The van der Waals surface area contributed by atoms with Crippen LogP contribution in [0.4, 0.5) is 0 Å². The Bertz CT molecular complexity index is 717. The number of likely N-dealkylation sites (N-methyl/N-ethyl adjacent to an activating group) is 1. The molecular weight excluding hydrogens is 328 g/mol. The maximum absolute atomic E-state index is 12.2. The number of hydrogen-bond donors (Lipinski definition) is 2. The summed E-state index contributed by atoms with van der Waals surface area (Å²) in [6.45, 7) is 1.87. The van der Waals surface area contributed by atoms with Crippen molar-refractivity contribution in [2.75, 3.05) is 33.7 Å². The van der Waals surface area contributed by atoms with Gasteiger partial charge in [0.25, 0.3) is 11.8 Å². The molecule has 2 aromatic rings. The van der Waals surface area contributed by atoms with Crippen LogP contribution in [0.1, 0.15) is 32.8 Å². The van der Waals surface area contributed by atoms with Crippen LogP contribution in [0.25, 0.3) is 0 Å². The normalized spacial score (nSPS) is 10.6. The summed E-state index contributed by atoms with van der Waals surface area (Å²) in [6, 6.07) is 13.3. The van der Waals surface area contributed by atoms with E-state index in [2.05, 4.69) is 27.8 Å². The minimum absolute atomic E-state index is 0.202. The number of aryl methyl sites for hydroxylation is 1. The summed E-state index contributed by atoms with van der Waals surface area (Å²) < 4.78 is 0. The third kappa shape index (κ3) is 6.64. The molecular formula is C20H26N4O2. The average Bonchev–Trinajstić information content (AvgIpc) is 2.65. The fourth-order valence-electron chi connectivity index (χ4n) is 2.42. The van der Waals surface area contributed by atoms with Crippen LogP contribution >= 0.6 is 0 Å². The third-order valence-corrected chi connectivity index (χ3v) is 3.87. The molecule has 0 aliphatic heterocycles. The Kier molecular flexibility index (Phi) is 7.76. The summed E-state index contributed by atoms with van der Waals surface area (Å²) in [5.74, 6) is -0.464. The molecule has 6 heteroatoms. The van der Waals surface area contributed by atoms with Gasteiger partial charge in [0.2, 0.25) is 0 Å². The van der Waals surface area contributed by atoms with Gasteiger partial charge in [-0.05, 0) is 44.6 Å². The van der Waals surface area contributed by atoms with Crippen molar-refractivity contribution in [3.05, 3.63) is 65.5 Å². The zero-order valence-corrected chi connectivity index (χ0v) is 15.4. The lowest BCUT2D eigenvalue weighted by molar-refractivity contribution is 0.0948. The second-order valence-corrected chi connectivity index (χ2v) is 6.33. The van der Waals surface area contributed by atoms with Crippen LogP contribution in [-0.2, 0) is 6.42 Å². The second-order valence-electron chi connectivity index (χ2n) is 6.33. The molecule has 2 amide bonds. The van der Waals surface area contributed by atoms with E-state index in [0.717, 1.165) is 19.4 Å². The topological polar surface area (TPSA) is 74.3 Å². The van der Waals surface area contributed by atoms with Gasteiger partial charge in [-0.3, -0.25) is 14.6 Å². The Morgan fingerprint density at radius 3 is 2.46 bits per heavy atom. The molecule has 0 saturated carbocycles. The predicted octanol–water partition coefficient (Wildman–Crippen LogP) is 1.74. The molecule has 0 radical (unpaired) electrons. The van der Waals surface area contributed by atoms with E-state index in [-0.39, 0.29) is 17.5 Å².